The van der Waals surface area contributed by atoms with Gasteiger partial charge in [-0.05, 0) is 129 Å². The average Bonchev–Trinajstić information content (AvgIpc) is 3.69. The molecule has 308 valence electrons. The van der Waals surface area contributed by atoms with Crippen LogP contribution in [0.25, 0.3) is 105 Å². The Morgan fingerprint density at radius 2 is 1.25 bits per heavy atom. The molecule has 0 aliphatic carbocycles. The Labute approximate surface area is 372 Å². The normalized spacial score (nSPS) is 11.6. The number of aromatic nitrogens is 4. The second-order valence-electron chi connectivity index (χ2n) is 16.7. The minimum Gasteiger partial charge on any atom is -0.294 e. The van der Waals surface area contributed by atoms with E-state index in [2.05, 4.69) is 132 Å². The fraction of sp³-hybridized carbons (Fsp3) is 0.102. The van der Waals surface area contributed by atoms with Gasteiger partial charge >= 0.3 is 0 Å². The van der Waals surface area contributed by atoms with Crippen LogP contribution in [-0.4, -0.2) is 19.5 Å². The number of nitrogens with zero attached hydrogens (tertiary/aromatic N) is 4. The van der Waals surface area contributed by atoms with E-state index in [1.807, 2.05) is 67.3 Å². The van der Waals surface area contributed by atoms with Crippen LogP contribution >= 0.6 is 0 Å². The van der Waals surface area contributed by atoms with Gasteiger partial charge in [-0.2, -0.15) is 0 Å². The summed E-state index contributed by atoms with van der Waals surface area (Å²) in [7, 11) is 0. The van der Waals surface area contributed by atoms with Crippen molar-refractivity contribution in [3.8, 4) is 61.5 Å². The highest BCUT2D eigenvalue weighted by atomic mass is 19.1. The van der Waals surface area contributed by atoms with Gasteiger partial charge in [0.1, 0.15) is 11.5 Å². The van der Waals surface area contributed by atoms with Gasteiger partial charge in [0.25, 0.3) is 0 Å². The molecule has 4 aromatic heterocycles. The van der Waals surface area contributed by atoms with Gasteiger partial charge in [0, 0.05) is 63.3 Å². The van der Waals surface area contributed by atoms with Crippen molar-refractivity contribution in [2.24, 2.45) is 0 Å². The molecule has 64 heavy (non-hydrogen) atoms. The molecule has 7 aromatic carbocycles. The standard InChI is InChI=1S/C59H45FN4/c1-2-3-4-7-15-39-32-45(43-20-13-30-61-37-43)34-47(33-39)64-55-29-25-42(35-52(55)49-23-14-31-62-59(49)64)44-24-28-54(63-38-44)50-21-12-22-51-56(40-16-8-5-9-17-40)48-27-26-46(60)36-53(48)57(58(50)51)41-18-10-6-11-19-41/h5-6,8-14,16-38H,2-4,7,15H2,1H3. The smallest absolute Gasteiger partial charge is 0.145 e. The number of fused-ring (bicyclic) bond motifs is 5. The number of aryl methyl sites for hydroxylation is 1. The number of unbranched alkanes of at least 4 members (excludes halogenated alkanes) is 3. The maximum atomic E-state index is 15.3. The minimum atomic E-state index is -0.264. The van der Waals surface area contributed by atoms with Crippen molar-refractivity contribution in [3.63, 3.8) is 0 Å². The van der Waals surface area contributed by atoms with Crippen molar-refractivity contribution in [1.29, 1.82) is 0 Å². The predicted molar refractivity (Wildman–Crippen MR) is 264 cm³/mol. The number of pyridine rings is 3. The summed E-state index contributed by atoms with van der Waals surface area (Å²) in [5, 5.41) is 6.25. The molecule has 4 nitrogen and oxygen atoms in total. The highest BCUT2D eigenvalue weighted by Crippen LogP contribution is 2.47. The molecule has 0 N–H and O–H groups in total. The van der Waals surface area contributed by atoms with Crippen molar-refractivity contribution in [2.75, 3.05) is 0 Å². The summed E-state index contributed by atoms with van der Waals surface area (Å²) >= 11 is 0. The quantitative estimate of drug-likeness (QED) is 0.0963. The van der Waals surface area contributed by atoms with E-state index in [9.17, 15) is 0 Å². The molecule has 0 saturated carbocycles. The van der Waals surface area contributed by atoms with Crippen molar-refractivity contribution in [2.45, 2.75) is 39.0 Å². The molecular formula is C59H45FN4. The van der Waals surface area contributed by atoms with Gasteiger partial charge in [-0.15, -0.1) is 0 Å². The van der Waals surface area contributed by atoms with Gasteiger partial charge < -0.3 is 0 Å². The summed E-state index contributed by atoms with van der Waals surface area (Å²) in [6.45, 7) is 2.26. The Hall–Kier alpha value is -7.76. The maximum Gasteiger partial charge on any atom is 0.145 e. The second-order valence-corrected chi connectivity index (χ2v) is 16.7. The van der Waals surface area contributed by atoms with Crippen LogP contribution in [0.2, 0.25) is 0 Å². The molecule has 0 saturated heterocycles. The largest absolute Gasteiger partial charge is 0.294 e. The van der Waals surface area contributed by atoms with Crippen LogP contribution in [0.1, 0.15) is 38.2 Å². The monoisotopic (exact) mass is 828 g/mol. The van der Waals surface area contributed by atoms with Crippen LogP contribution in [0.15, 0.2) is 195 Å². The lowest BCUT2D eigenvalue weighted by Gasteiger charge is -2.20. The van der Waals surface area contributed by atoms with E-state index < -0.39 is 0 Å². The Morgan fingerprint density at radius 1 is 0.484 bits per heavy atom. The van der Waals surface area contributed by atoms with Crippen molar-refractivity contribution < 1.29 is 4.39 Å². The van der Waals surface area contributed by atoms with Gasteiger partial charge in [0.2, 0.25) is 0 Å². The van der Waals surface area contributed by atoms with Crippen LogP contribution in [0.4, 0.5) is 4.39 Å². The lowest BCUT2D eigenvalue weighted by Crippen LogP contribution is -1.99. The molecule has 0 spiro atoms. The first-order valence-electron chi connectivity index (χ1n) is 22.3. The summed E-state index contributed by atoms with van der Waals surface area (Å²) in [5.41, 5.74) is 14.8. The highest BCUT2D eigenvalue weighted by molar-refractivity contribution is 6.24. The molecule has 5 heteroatoms. The van der Waals surface area contributed by atoms with Gasteiger partial charge in [0.05, 0.1) is 11.2 Å². The number of rotatable bonds is 11. The van der Waals surface area contributed by atoms with E-state index in [1.54, 1.807) is 12.1 Å². The summed E-state index contributed by atoms with van der Waals surface area (Å²) in [6, 6.07) is 58.7. The van der Waals surface area contributed by atoms with E-state index in [-0.39, 0.29) is 5.82 Å². The summed E-state index contributed by atoms with van der Waals surface area (Å²) in [5.74, 6) is -0.264. The van der Waals surface area contributed by atoms with Crippen LogP contribution in [-0.2, 0) is 6.42 Å². The van der Waals surface area contributed by atoms with Crippen LogP contribution < -0.4 is 0 Å². The zero-order valence-electron chi connectivity index (χ0n) is 35.7. The molecule has 0 fully saturated rings. The topological polar surface area (TPSA) is 43.6 Å². The van der Waals surface area contributed by atoms with Gasteiger partial charge in [-0.25, -0.2) is 9.37 Å². The summed E-state index contributed by atoms with van der Waals surface area (Å²) in [6.07, 6.45) is 13.5. The fourth-order valence-corrected chi connectivity index (χ4v) is 9.70. The van der Waals surface area contributed by atoms with E-state index in [1.165, 1.54) is 24.8 Å². The number of hydrogen-bond donors (Lipinski definition) is 0. The maximum absolute atomic E-state index is 15.3. The molecule has 0 radical (unpaired) electrons. The number of benzene rings is 7. The first-order chi connectivity index (χ1) is 31.6. The Kier molecular flexibility index (Phi) is 10.3. The molecule has 0 bridgehead atoms. The van der Waals surface area contributed by atoms with E-state index >= 15 is 4.39 Å². The molecule has 11 rings (SSSR count). The lowest BCUT2D eigenvalue weighted by molar-refractivity contribution is 0.630. The first kappa shape index (κ1) is 39.1. The molecule has 11 aromatic rings. The molecule has 0 amide bonds. The molecule has 0 aliphatic rings. The van der Waals surface area contributed by atoms with E-state index in [0.717, 1.165) is 118 Å². The van der Waals surface area contributed by atoms with Gasteiger partial charge in [-0.1, -0.05) is 135 Å². The van der Waals surface area contributed by atoms with Crippen LogP contribution in [0.3, 0.4) is 0 Å². The van der Waals surface area contributed by atoms with Crippen molar-refractivity contribution in [1.82, 2.24) is 19.5 Å². The molecule has 0 aliphatic heterocycles. The SMILES string of the molecule is CCCCCCc1cc(-c2cccnc2)cc(-n2c3ccc(-c4ccc(-c5cccc6c(-c7ccccc7)c7ccc(F)cc7c(-c7ccccc7)c56)nc4)cc3c3cccnc32)c1. The Bertz CT molecular complexity index is 3470. The van der Waals surface area contributed by atoms with E-state index in [4.69, 9.17) is 9.97 Å². The fourth-order valence-electron chi connectivity index (χ4n) is 9.70. The zero-order valence-corrected chi connectivity index (χ0v) is 35.7. The van der Waals surface area contributed by atoms with Gasteiger partial charge in [-0.3, -0.25) is 14.5 Å². The molecule has 4 heterocycles. The van der Waals surface area contributed by atoms with Crippen LogP contribution in [0, 0.1) is 5.82 Å². The second kappa shape index (κ2) is 16.8. The molecular weight excluding hydrogens is 784 g/mol. The van der Waals surface area contributed by atoms with Gasteiger partial charge in [0.15, 0.2) is 0 Å². The molecule has 0 unspecified atom stereocenters. The summed E-state index contributed by atoms with van der Waals surface area (Å²) < 4.78 is 17.6. The third kappa shape index (κ3) is 7.09. The zero-order chi connectivity index (χ0) is 43.0. The average molecular weight is 829 g/mol. The highest BCUT2D eigenvalue weighted by Gasteiger charge is 2.21. The number of hydrogen-bond acceptors (Lipinski definition) is 3. The summed E-state index contributed by atoms with van der Waals surface area (Å²) in [4.78, 5) is 14.6. The Morgan fingerprint density at radius 3 is 2.03 bits per heavy atom. The molecule has 0 atom stereocenters. The Balaban J connectivity index is 1.04. The minimum absolute atomic E-state index is 0.264. The van der Waals surface area contributed by atoms with E-state index in [0.29, 0.717) is 0 Å². The van der Waals surface area contributed by atoms with Crippen molar-refractivity contribution >= 4 is 43.5 Å². The van der Waals surface area contributed by atoms with Crippen LogP contribution in [0.5, 0.6) is 0 Å². The number of halogens is 1. The predicted octanol–water partition coefficient (Wildman–Crippen LogP) is 15.9. The third-order valence-electron chi connectivity index (χ3n) is 12.7. The lowest BCUT2D eigenvalue weighted by atomic mass is 9.83. The van der Waals surface area contributed by atoms with Crippen molar-refractivity contribution in [3.05, 3.63) is 206 Å². The first-order valence-corrected chi connectivity index (χ1v) is 22.3. The third-order valence-corrected chi connectivity index (χ3v) is 12.7.